The van der Waals surface area contributed by atoms with Gasteiger partial charge in [0.2, 0.25) is 17.8 Å². The number of aromatic nitrogens is 3. The molecule has 2 aromatic carbocycles. The predicted molar refractivity (Wildman–Crippen MR) is 150 cm³/mol. The highest BCUT2D eigenvalue weighted by molar-refractivity contribution is 5.44. The summed E-state index contributed by atoms with van der Waals surface area (Å²) in [6.45, 7) is 6.74. The third-order valence-electron chi connectivity index (χ3n) is 6.20. The summed E-state index contributed by atoms with van der Waals surface area (Å²) in [4.78, 5) is 16.1. The molecule has 0 spiro atoms. The standard InChI is InChI=1S/C28H39N7O3/c29-12-17-36-21-22-37-18-14-31-27-32-26(33-28(34-27)35-15-19-38-20-16-35)30-13-11-25(23-7-3-1-4-8-23)24-9-5-2-6-10-24/h1-10,25H,11-22,29H2,(H2,30,31,32,33,34). The maximum Gasteiger partial charge on any atom is 0.232 e. The van der Waals surface area contributed by atoms with E-state index in [4.69, 9.17) is 24.9 Å². The molecule has 10 heteroatoms. The van der Waals surface area contributed by atoms with Gasteiger partial charge in [0.1, 0.15) is 0 Å². The van der Waals surface area contributed by atoms with Crippen molar-refractivity contribution in [2.45, 2.75) is 12.3 Å². The van der Waals surface area contributed by atoms with Crippen LogP contribution in [0.4, 0.5) is 17.8 Å². The van der Waals surface area contributed by atoms with Crippen LogP contribution in [-0.2, 0) is 14.2 Å². The van der Waals surface area contributed by atoms with Crippen LogP contribution < -0.4 is 21.3 Å². The number of morpholine rings is 1. The van der Waals surface area contributed by atoms with Gasteiger partial charge in [0.25, 0.3) is 0 Å². The Kier molecular flexibility index (Phi) is 11.5. The van der Waals surface area contributed by atoms with Gasteiger partial charge in [0.15, 0.2) is 0 Å². The van der Waals surface area contributed by atoms with Crippen LogP contribution in [0.15, 0.2) is 60.7 Å². The summed E-state index contributed by atoms with van der Waals surface area (Å²) in [6.07, 6.45) is 0.898. The number of nitrogens with two attached hydrogens (primary N) is 1. The average Bonchev–Trinajstić information content (AvgIpc) is 2.98. The molecule has 1 aliphatic rings. The van der Waals surface area contributed by atoms with Gasteiger partial charge in [-0.05, 0) is 17.5 Å². The molecule has 1 saturated heterocycles. The molecule has 38 heavy (non-hydrogen) atoms. The Labute approximate surface area is 224 Å². The summed E-state index contributed by atoms with van der Waals surface area (Å²) >= 11 is 0. The number of hydrogen-bond acceptors (Lipinski definition) is 10. The minimum absolute atomic E-state index is 0.272. The molecule has 0 unspecified atom stereocenters. The molecule has 1 fully saturated rings. The van der Waals surface area contributed by atoms with E-state index in [9.17, 15) is 0 Å². The van der Waals surface area contributed by atoms with Crippen molar-refractivity contribution in [2.24, 2.45) is 5.73 Å². The van der Waals surface area contributed by atoms with E-state index in [2.05, 4.69) is 86.2 Å². The molecule has 1 aromatic heterocycles. The zero-order valence-electron chi connectivity index (χ0n) is 21.9. The van der Waals surface area contributed by atoms with Gasteiger partial charge >= 0.3 is 0 Å². The number of nitrogens with one attached hydrogen (secondary N) is 2. The lowest BCUT2D eigenvalue weighted by Crippen LogP contribution is -2.37. The lowest BCUT2D eigenvalue weighted by molar-refractivity contribution is 0.0547. The summed E-state index contributed by atoms with van der Waals surface area (Å²) < 4.78 is 16.4. The van der Waals surface area contributed by atoms with Crippen LogP contribution in [-0.4, -0.2) is 87.3 Å². The molecule has 0 saturated carbocycles. The number of anilines is 3. The summed E-state index contributed by atoms with van der Waals surface area (Å²) in [5.41, 5.74) is 8.01. The van der Waals surface area contributed by atoms with Crippen molar-refractivity contribution < 1.29 is 14.2 Å². The Morgan fingerprint density at radius 1 is 0.763 bits per heavy atom. The molecular formula is C28H39N7O3. The van der Waals surface area contributed by atoms with E-state index >= 15 is 0 Å². The highest BCUT2D eigenvalue weighted by atomic mass is 16.5. The van der Waals surface area contributed by atoms with Crippen LogP contribution in [0.5, 0.6) is 0 Å². The second-order valence-corrected chi connectivity index (χ2v) is 8.91. The van der Waals surface area contributed by atoms with Crippen LogP contribution in [0.1, 0.15) is 23.5 Å². The minimum Gasteiger partial charge on any atom is -0.378 e. The fraction of sp³-hybridized carbons (Fsp3) is 0.464. The van der Waals surface area contributed by atoms with Crippen molar-refractivity contribution in [3.63, 3.8) is 0 Å². The molecule has 1 aliphatic heterocycles. The third kappa shape index (κ3) is 8.91. The molecule has 2 heterocycles. The molecule has 4 rings (SSSR count). The topological polar surface area (TPSA) is 120 Å². The molecule has 0 amide bonds. The molecule has 10 nitrogen and oxygen atoms in total. The number of benzene rings is 2. The van der Waals surface area contributed by atoms with Gasteiger partial charge in [-0.25, -0.2) is 0 Å². The minimum atomic E-state index is 0.272. The van der Waals surface area contributed by atoms with E-state index in [0.717, 1.165) is 19.5 Å². The van der Waals surface area contributed by atoms with Gasteiger partial charge in [-0.2, -0.15) is 15.0 Å². The molecule has 0 aliphatic carbocycles. The van der Waals surface area contributed by atoms with Crippen LogP contribution >= 0.6 is 0 Å². The molecule has 0 bridgehead atoms. The Morgan fingerprint density at radius 3 is 1.95 bits per heavy atom. The Balaban J connectivity index is 1.38. The monoisotopic (exact) mass is 521 g/mol. The Hall–Kier alpha value is -3.31. The summed E-state index contributed by atoms with van der Waals surface area (Å²) in [7, 11) is 0. The SMILES string of the molecule is NCCOCCOCCNc1nc(NCCC(c2ccccc2)c2ccccc2)nc(N2CCOCC2)n1. The van der Waals surface area contributed by atoms with Gasteiger partial charge < -0.3 is 35.5 Å². The summed E-state index contributed by atoms with van der Waals surface area (Å²) in [6, 6.07) is 21.2. The van der Waals surface area contributed by atoms with Crippen LogP contribution in [0.25, 0.3) is 0 Å². The molecule has 0 atom stereocenters. The maximum atomic E-state index is 5.61. The van der Waals surface area contributed by atoms with Crippen LogP contribution in [0, 0.1) is 0 Å². The van der Waals surface area contributed by atoms with Crippen LogP contribution in [0.3, 0.4) is 0 Å². The van der Waals surface area contributed by atoms with Crippen molar-refractivity contribution >= 4 is 17.8 Å². The highest BCUT2D eigenvalue weighted by Crippen LogP contribution is 2.28. The molecule has 4 N–H and O–H groups in total. The zero-order chi connectivity index (χ0) is 26.3. The zero-order valence-corrected chi connectivity index (χ0v) is 21.9. The van der Waals surface area contributed by atoms with Crippen molar-refractivity contribution in [3.05, 3.63) is 71.8 Å². The van der Waals surface area contributed by atoms with Crippen LogP contribution in [0.2, 0.25) is 0 Å². The summed E-state index contributed by atoms with van der Waals surface area (Å²) in [5, 5.41) is 6.72. The summed E-state index contributed by atoms with van der Waals surface area (Å²) in [5.74, 6) is 2.00. The second-order valence-electron chi connectivity index (χ2n) is 8.91. The van der Waals surface area contributed by atoms with Gasteiger partial charge in [0.05, 0.1) is 39.6 Å². The van der Waals surface area contributed by atoms with Crippen molar-refractivity contribution in [2.75, 3.05) is 87.9 Å². The maximum absolute atomic E-state index is 5.61. The lowest BCUT2D eigenvalue weighted by atomic mass is 9.88. The predicted octanol–water partition coefficient (Wildman–Crippen LogP) is 2.75. The highest BCUT2D eigenvalue weighted by Gasteiger charge is 2.18. The molecule has 0 radical (unpaired) electrons. The van der Waals surface area contributed by atoms with Gasteiger partial charge in [-0.3, -0.25) is 0 Å². The Bertz CT molecular complexity index is 1010. The van der Waals surface area contributed by atoms with Gasteiger partial charge in [-0.1, -0.05) is 60.7 Å². The quantitative estimate of drug-likeness (QED) is 0.243. The first kappa shape index (κ1) is 27.7. The number of ether oxygens (including phenoxy) is 3. The lowest BCUT2D eigenvalue weighted by Gasteiger charge is -2.27. The molecule has 3 aromatic rings. The molecular weight excluding hydrogens is 482 g/mol. The number of rotatable bonds is 16. The van der Waals surface area contributed by atoms with E-state index in [1.807, 2.05) is 0 Å². The average molecular weight is 522 g/mol. The van der Waals surface area contributed by atoms with Crippen molar-refractivity contribution in [1.29, 1.82) is 0 Å². The van der Waals surface area contributed by atoms with E-state index in [1.165, 1.54) is 11.1 Å². The van der Waals surface area contributed by atoms with Crippen molar-refractivity contribution in [3.8, 4) is 0 Å². The first-order valence-corrected chi connectivity index (χ1v) is 13.4. The fourth-order valence-electron chi connectivity index (χ4n) is 4.29. The van der Waals surface area contributed by atoms with E-state index < -0.39 is 0 Å². The Morgan fingerprint density at radius 2 is 1.34 bits per heavy atom. The largest absolute Gasteiger partial charge is 0.378 e. The van der Waals surface area contributed by atoms with E-state index in [1.54, 1.807) is 0 Å². The normalized spacial score (nSPS) is 13.6. The first-order valence-electron chi connectivity index (χ1n) is 13.4. The van der Waals surface area contributed by atoms with Gasteiger partial charge in [-0.15, -0.1) is 0 Å². The third-order valence-corrected chi connectivity index (χ3v) is 6.20. The van der Waals surface area contributed by atoms with E-state index in [-0.39, 0.29) is 5.92 Å². The molecule has 204 valence electrons. The first-order chi connectivity index (χ1) is 18.8. The van der Waals surface area contributed by atoms with Crippen molar-refractivity contribution in [1.82, 2.24) is 15.0 Å². The van der Waals surface area contributed by atoms with Gasteiger partial charge in [0, 0.05) is 38.6 Å². The second kappa shape index (κ2) is 15.8. The van der Waals surface area contributed by atoms with E-state index in [0.29, 0.717) is 77.1 Å². The number of hydrogen-bond donors (Lipinski definition) is 3. The smallest absolute Gasteiger partial charge is 0.232 e. The fourth-order valence-corrected chi connectivity index (χ4v) is 4.29. The number of nitrogens with zero attached hydrogens (tertiary/aromatic N) is 4.